The molecule has 1 heterocycles. The number of amides is 1. The highest BCUT2D eigenvalue weighted by atomic mass is 16.5. The number of para-hydroxylation sites is 1. The van der Waals surface area contributed by atoms with Crippen molar-refractivity contribution in [3.63, 3.8) is 0 Å². The zero-order chi connectivity index (χ0) is 14.4. The lowest BCUT2D eigenvalue weighted by molar-refractivity contribution is -0.135. The summed E-state index contributed by atoms with van der Waals surface area (Å²) in [5, 5.41) is 0. The van der Waals surface area contributed by atoms with Gasteiger partial charge in [-0.3, -0.25) is 4.79 Å². The van der Waals surface area contributed by atoms with Gasteiger partial charge in [0, 0.05) is 38.4 Å². The van der Waals surface area contributed by atoms with E-state index in [-0.39, 0.29) is 18.6 Å². The third-order valence-corrected chi connectivity index (χ3v) is 3.68. The van der Waals surface area contributed by atoms with Crippen LogP contribution in [0.4, 0.5) is 0 Å². The van der Waals surface area contributed by atoms with Gasteiger partial charge in [-0.15, -0.1) is 0 Å². The lowest BCUT2D eigenvalue weighted by Gasteiger charge is -2.31. The van der Waals surface area contributed by atoms with E-state index < -0.39 is 0 Å². The summed E-state index contributed by atoms with van der Waals surface area (Å²) < 4.78 is 10.9. The van der Waals surface area contributed by atoms with Gasteiger partial charge in [0.15, 0.2) is 6.61 Å². The van der Waals surface area contributed by atoms with Crippen molar-refractivity contribution in [2.75, 3.05) is 26.9 Å². The number of hydrogen-bond donors (Lipinski definition) is 1. The van der Waals surface area contributed by atoms with Crippen LogP contribution in [0.15, 0.2) is 24.3 Å². The number of carbonyl (C=O) groups excluding carboxylic acids is 1. The molecule has 20 heavy (non-hydrogen) atoms. The first-order valence-electron chi connectivity index (χ1n) is 6.96. The molecule has 5 heteroatoms. The van der Waals surface area contributed by atoms with Crippen molar-refractivity contribution in [2.45, 2.75) is 25.4 Å². The van der Waals surface area contributed by atoms with Crippen LogP contribution in [0.25, 0.3) is 0 Å². The topological polar surface area (TPSA) is 64.8 Å². The number of ether oxygens (including phenoxy) is 2. The average molecular weight is 278 g/mol. The Bertz CT molecular complexity index is 444. The summed E-state index contributed by atoms with van der Waals surface area (Å²) >= 11 is 0. The van der Waals surface area contributed by atoms with Gasteiger partial charge in [0.2, 0.25) is 0 Å². The molecular formula is C15H22N2O3. The molecule has 0 aliphatic carbocycles. The predicted molar refractivity (Wildman–Crippen MR) is 76.4 cm³/mol. The van der Waals surface area contributed by atoms with Crippen LogP contribution in [-0.4, -0.2) is 43.7 Å². The molecule has 1 aliphatic rings. The quantitative estimate of drug-likeness (QED) is 0.878. The van der Waals surface area contributed by atoms with E-state index in [1.165, 1.54) is 0 Å². The molecule has 0 bridgehead atoms. The van der Waals surface area contributed by atoms with Gasteiger partial charge >= 0.3 is 0 Å². The molecule has 0 unspecified atom stereocenters. The molecular weight excluding hydrogens is 256 g/mol. The molecule has 1 fully saturated rings. The molecule has 0 atom stereocenters. The first kappa shape index (κ1) is 14.8. The summed E-state index contributed by atoms with van der Waals surface area (Å²) in [4.78, 5) is 13.9. The first-order chi connectivity index (χ1) is 9.72. The Labute approximate surface area is 119 Å². The summed E-state index contributed by atoms with van der Waals surface area (Å²) in [5.74, 6) is 0.674. The SMILES string of the molecule is CN(C(=O)COc1ccccc1CN)C1CCOCC1. The summed E-state index contributed by atoms with van der Waals surface area (Å²) in [7, 11) is 1.83. The van der Waals surface area contributed by atoms with Crippen LogP contribution in [0.1, 0.15) is 18.4 Å². The van der Waals surface area contributed by atoms with E-state index in [4.69, 9.17) is 15.2 Å². The Morgan fingerprint density at radius 3 is 2.80 bits per heavy atom. The van der Waals surface area contributed by atoms with Crippen LogP contribution in [0.2, 0.25) is 0 Å². The zero-order valence-electron chi connectivity index (χ0n) is 11.9. The molecule has 0 radical (unpaired) electrons. The number of carbonyl (C=O) groups is 1. The largest absolute Gasteiger partial charge is 0.483 e. The number of benzene rings is 1. The van der Waals surface area contributed by atoms with Gasteiger partial charge in [-0.2, -0.15) is 0 Å². The fourth-order valence-electron chi connectivity index (χ4n) is 2.33. The fraction of sp³-hybridized carbons (Fsp3) is 0.533. The van der Waals surface area contributed by atoms with E-state index in [0.717, 1.165) is 31.6 Å². The number of likely N-dealkylation sites (N-methyl/N-ethyl adjacent to an activating group) is 1. The van der Waals surface area contributed by atoms with Gasteiger partial charge in [0.1, 0.15) is 5.75 Å². The van der Waals surface area contributed by atoms with Gasteiger partial charge in [0.05, 0.1) is 0 Å². The maximum absolute atomic E-state index is 12.1. The lowest BCUT2D eigenvalue weighted by atomic mass is 10.1. The second-order valence-electron chi connectivity index (χ2n) is 4.95. The molecule has 110 valence electrons. The van der Waals surface area contributed by atoms with E-state index in [0.29, 0.717) is 12.3 Å². The highest BCUT2D eigenvalue weighted by Gasteiger charge is 2.22. The van der Waals surface area contributed by atoms with Gasteiger partial charge in [-0.25, -0.2) is 0 Å². The molecule has 0 saturated carbocycles. The molecule has 1 aromatic carbocycles. The summed E-state index contributed by atoms with van der Waals surface area (Å²) in [6.45, 7) is 1.89. The first-order valence-corrected chi connectivity index (χ1v) is 6.96. The standard InChI is InChI=1S/C15H22N2O3/c1-17(13-6-8-19-9-7-13)15(18)11-20-14-5-3-2-4-12(14)10-16/h2-5,13H,6-11,16H2,1H3. The second kappa shape index (κ2) is 7.26. The summed E-state index contributed by atoms with van der Waals surface area (Å²) in [5.41, 5.74) is 6.56. The molecule has 0 spiro atoms. The molecule has 1 amide bonds. The van der Waals surface area contributed by atoms with Crippen LogP contribution in [0.5, 0.6) is 5.75 Å². The second-order valence-corrected chi connectivity index (χ2v) is 4.95. The molecule has 1 aromatic rings. The zero-order valence-corrected chi connectivity index (χ0v) is 11.9. The van der Waals surface area contributed by atoms with Crippen LogP contribution in [0.3, 0.4) is 0 Å². The van der Waals surface area contributed by atoms with Crippen molar-refractivity contribution in [3.05, 3.63) is 29.8 Å². The average Bonchev–Trinajstić information content (AvgIpc) is 2.53. The van der Waals surface area contributed by atoms with Crippen LogP contribution < -0.4 is 10.5 Å². The molecule has 1 aliphatic heterocycles. The minimum atomic E-state index is -0.0104. The fourth-order valence-corrected chi connectivity index (χ4v) is 2.33. The van der Waals surface area contributed by atoms with E-state index in [1.807, 2.05) is 31.3 Å². The van der Waals surface area contributed by atoms with Crippen LogP contribution in [0, 0.1) is 0 Å². The smallest absolute Gasteiger partial charge is 0.260 e. The van der Waals surface area contributed by atoms with Crippen molar-refractivity contribution in [3.8, 4) is 5.75 Å². The van der Waals surface area contributed by atoms with Crippen LogP contribution >= 0.6 is 0 Å². The van der Waals surface area contributed by atoms with Gasteiger partial charge in [-0.1, -0.05) is 18.2 Å². The minimum Gasteiger partial charge on any atom is -0.483 e. The van der Waals surface area contributed by atoms with E-state index in [1.54, 1.807) is 4.90 Å². The maximum atomic E-state index is 12.1. The normalized spacial score (nSPS) is 15.9. The van der Waals surface area contributed by atoms with Gasteiger partial charge in [-0.05, 0) is 18.9 Å². The Morgan fingerprint density at radius 1 is 1.40 bits per heavy atom. The van der Waals surface area contributed by atoms with Crippen molar-refractivity contribution in [1.29, 1.82) is 0 Å². The maximum Gasteiger partial charge on any atom is 0.260 e. The minimum absolute atomic E-state index is 0.0104. The van der Waals surface area contributed by atoms with Crippen molar-refractivity contribution in [1.82, 2.24) is 4.90 Å². The Morgan fingerprint density at radius 2 is 2.10 bits per heavy atom. The predicted octanol–water partition coefficient (Wildman–Crippen LogP) is 1.16. The van der Waals surface area contributed by atoms with Crippen molar-refractivity contribution in [2.24, 2.45) is 5.73 Å². The Kier molecular flexibility index (Phi) is 5.38. The Hall–Kier alpha value is -1.59. The number of rotatable bonds is 5. The van der Waals surface area contributed by atoms with E-state index in [2.05, 4.69) is 0 Å². The Balaban J connectivity index is 1.87. The van der Waals surface area contributed by atoms with E-state index in [9.17, 15) is 4.79 Å². The summed E-state index contributed by atoms with van der Waals surface area (Å²) in [6.07, 6.45) is 1.78. The monoisotopic (exact) mass is 278 g/mol. The van der Waals surface area contributed by atoms with Crippen molar-refractivity contribution < 1.29 is 14.3 Å². The molecule has 2 N–H and O–H groups in total. The summed E-state index contributed by atoms with van der Waals surface area (Å²) in [6, 6.07) is 7.78. The highest BCUT2D eigenvalue weighted by Crippen LogP contribution is 2.18. The number of nitrogens with two attached hydrogens (primary N) is 1. The van der Waals surface area contributed by atoms with Gasteiger partial charge < -0.3 is 20.1 Å². The van der Waals surface area contributed by atoms with Crippen molar-refractivity contribution >= 4 is 5.91 Å². The number of hydrogen-bond acceptors (Lipinski definition) is 4. The lowest BCUT2D eigenvalue weighted by Crippen LogP contribution is -2.42. The molecule has 5 nitrogen and oxygen atoms in total. The third-order valence-electron chi connectivity index (χ3n) is 3.68. The molecule has 0 aromatic heterocycles. The molecule has 2 rings (SSSR count). The van der Waals surface area contributed by atoms with E-state index >= 15 is 0 Å². The highest BCUT2D eigenvalue weighted by molar-refractivity contribution is 5.77. The van der Waals surface area contributed by atoms with Crippen LogP contribution in [-0.2, 0) is 16.1 Å². The van der Waals surface area contributed by atoms with Gasteiger partial charge in [0.25, 0.3) is 5.91 Å². The third kappa shape index (κ3) is 3.71. The molecule has 1 saturated heterocycles. The number of nitrogens with zero attached hydrogens (tertiary/aromatic N) is 1.